The van der Waals surface area contributed by atoms with E-state index < -0.39 is 5.97 Å². The Morgan fingerprint density at radius 3 is 2.78 bits per heavy atom. The molecule has 0 bridgehead atoms. The van der Waals surface area contributed by atoms with Crippen LogP contribution in [0.25, 0.3) is 11.1 Å². The molecule has 1 atom stereocenters. The second-order valence-corrected chi connectivity index (χ2v) is 6.65. The highest BCUT2D eigenvalue weighted by Crippen LogP contribution is 2.25. The van der Waals surface area contributed by atoms with Crippen LogP contribution in [0.5, 0.6) is 0 Å². The van der Waals surface area contributed by atoms with Crippen molar-refractivity contribution >= 4 is 11.9 Å². The summed E-state index contributed by atoms with van der Waals surface area (Å²) in [6, 6.07) is 14.5. The maximum absolute atomic E-state index is 12.5. The fourth-order valence-electron chi connectivity index (χ4n) is 3.33. The van der Waals surface area contributed by atoms with E-state index >= 15 is 0 Å². The van der Waals surface area contributed by atoms with Gasteiger partial charge in [0.25, 0.3) is 5.91 Å². The van der Waals surface area contributed by atoms with Crippen molar-refractivity contribution < 1.29 is 19.1 Å². The first-order valence-electron chi connectivity index (χ1n) is 9.36. The van der Waals surface area contributed by atoms with Gasteiger partial charge in [-0.3, -0.25) is 4.79 Å². The average Bonchev–Trinajstić information content (AvgIpc) is 2.74. The van der Waals surface area contributed by atoms with Gasteiger partial charge in [0.1, 0.15) is 0 Å². The molecule has 0 unspecified atom stereocenters. The van der Waals surface area contributed by atoms with E-state index in [4.69, 9.17) is 9.47 Å². The molecule has 1 saturated heterocycles. The van der Waals surface area contributed by atoms with Crippen LogP contribution in [-0.4, -0.2) is 38.2 Å². The van der Waals surface area contributed by atoms with Gasteiger partial charge < -0.3 is 14.8 Å². The van der Waals surface area contributed by atoms with E-state index in [2.05, 4.69) is 5.32 Å². The standard InChI is InChI=1S/C22H25NO4/c1-26-22(25)20-11-3-2-10-19(20)16-7-6-8-17(15-16)21(24)23-13-12-18-9-4-5-14-27-18/h2-3,6-8,10-11,15,18H,4-5,9,12-14H2,1H3,(H,23,24)/t18-/m1/s1. The van der Waals surface area contributed by atoms with Crippen molar-refractivity contribution in [2.24, 2.45) is 0 Å². The highest BCUT2D eigenvalue weighted by atomic mass is 16.5. The number of esters is 1. The maximum atomic E-state index is 12.5. The summed E-state index contributed by atoms with van der Waals surface area (Å²) in [6.45, 7) is 1.41. The van der Waals surface area contributed by atoms with Crippen LogP contribution in [0.1, 0.15) is 46.4 Å². The summed E-state index contributed by atoms with van der Waals surface area (Å²) in [5.74, 6) is -0.517. The van der Waals surface area contributed by atoms with Crippen LogP contribution < -0.4 is 5.32 Å². The van der Waals surface area contributed by atoms with Crippen molar-refractivity contribution in [3.05, 3.63) is 59.7 Å². The van der Waals surface area contributed by atoms with Gasteiger partial charge in [-0.2, -0.15) is 0 Å². The summed E-state index contributed by atoms with van der Waals surface area (Å²) in [7, 11) is 1.36. The summed E-state index contributed by atoms with van der Waals surface area (Å²) in [6.07, 6.45) is 4.47. The van der Waals surface area contributed by atoms with Crippen LogP contribution >= 0.6 is 0 Å². The Morgan fingerprint density at radius 1 is 1.15 bits per heavy atom. The van der Waals surface area contributed by atoms with Gasteiger partial charge in [0.05, 0.1) is 18.8 Å². The van der Waals surface area contributed by atoms with Crippen molar-refractivity contribution in [1.29, 1.82) is 0 Å². The summed E-state index contributed by atoms with van der Waals surface area (Å²) in [5, 5.41) is 2.96. The molecule has 1 N–H and O–H groups in total. The van der Waals surface area contributed by atoms with Gasteiger partial charge in [-0.1, -0.05) is 30.3 Å². The number of carbonyl (C=O) groups is 2. The quantitative estimate of drug-likeness (QED) is 0.788. The van der Waals surface area contributed by atoms with E-state index in [-0.39, 0.29) is 12.0 Å². The first-order chi connectivity index (χ1) is 13.2. The van der Waals surface area contributed by atoms with E-state index in [9.17, 15) is 9.59 Å². The van der Waals surface area contributed by atoms with E-state index in [0.29, 0.717) is 17.7 Å². The SMILES string of the molecule is COC(=O)c1ccccc1-c1cccc(C(=O)NCC[C@H]2CCCCO2)c1. The molecule has 0 spiro atoms. The zero-order chi connectivity index (χ0) is 19.1. The third kappa shape index (κ3) is 4.95. The van der Waals surface area contributed by atoms with Gasteiger partial charge >= 0.3 is 5.97 Å². The Kier molecular flexibility index (Phi) is 6.60. The third-order valence-corrected chi connectivity index (χ3v) is 4.79. The van der Waals surface area contributed by atoms with Crippen molar-refractivity contribution in [1.82, 2.24) is 5.32 Å². The zero-order valence-electron chi connectivity index (χ0n) is 15.6. The number of carbonyl (C=O) groups excluding carboxylic acids is 2. The number of hydrogen-bond acceptors (Lipinski definition) is 4. The van der Waals surface area contributed by atoms with Crippen molar-refractivity contribution in [3.63, 3.8) is 0 Å². The lowest BCUT2D eigenvalue weighted by Gasteiger charge is -2.22. The number of nitrogens with one attached hydrogen (secondary N) is 1. The number of rotatable bonds is 6. The maximum Gasteiger partial charge on any atom is 0.338 e. The Morgan fingerprint density at radius 2 is 2.00 bits per heavy atom. The second-order valence-electron chi connectivity index (χ2n) is 6.65. The van der Waals surface area contributed by atoms with Gasteiger partial charge in [0.2, 0.25) is 0 Å². The molecule has 3 rings (SSSR count). The largest absolute Gasteiger partial charge is 0.465 e. The van der Waals surface area contributed by atoms with E-state index in [1.807, 2.05) is 24.3 Å². The fraction of sp³-hybridized carbons (Fsp3) is 0.364. The van der Waals surface area contributed by atoms with Crippen LogP contribution in [0.3, 0.4) is 0 Å². The third-order valence-electron chi connectivity index (χ3n) is 4.79. The first-order valence-corrected chi connectivity index (χ1v) is 9.36. The number of methoxy groups -OCH3 is 1. The minimum atomic E-state index is -0.395. The lowest BCUT2D eigenvalue weighted by molar-refractivity contribution is 0.0117. The summed E-state index contributed by atoms with van der Waals surface area (Å²) < 4.78 is 10.6. The molecular formula is C22H25NO4. The van der Waals surface area contributed by atoms with E-state index in [1.165, 1.54) is 13.5 Å². The molecular weight excluding hydrogens is 342 g/mol. The molecule has 0 aromatic heterocycles. The topological polar surface area (TPSA) is 64.6 Å². The molecule has 5 heteroatoms. The molecule has 1 aliphatic rings. The van der Waals surface area contributed by atoms with Gasteiger partial charge in [0, 0.05) is 18.7 Å². The summed E-state index contributed by atoms with van der Waals surface area (Å²) >= 11 is 0. The Labute approximate surface area is 159 Å². The van der Waals surface area contributed by atoms with Gasteiger partial charge in [-0.25, -0.2) is 4.79 Å². The Bertz CT molecular complexity index is 796. The molecule has 2 aromatic rings. The number of benzene rings is 2. The van der Waals surface area contributed by atoms with E-state index in [0.717, 1.165) is 37.0 Å². The number of hydrogen-bond donors (Lipinski definition) is 1. The van der Waals surface area contributed by atoms with Crippen LogP contribution in [0.4, 0.5) is 0 Å². The minimum absolute atomic E-state index is 0.122. The van der Waals surface area contributed by atoms with Crippen LogP contribution in [0.15, 0.2) is 48.5 Å². The molecule has 2 aromatic carbocycles. The summed E-state index contributed by atoms with van der Waals surface area (Å²) in [5.41, 5.74) is 2.60. The van der Waals surface area contributed by atoms with Crippen LogP contribution in [0, 0.1) is 0 Å². The van der Waals surface area contributed by atoms with Gasteiger partial charge in [-0.05, 0) is 55.0 Å². The van der Waals surface area contributed by atoms with E-state index in [1.54, 1.807) is 24.3 Å². The Balaban J connectivity index is 1.68. The second kappa shape index (κ2) is 9.33. The van der Waals surface area contributed by atoms with Crippen molar-refractivity contribution in [3.8, 4) is 11.1 Å². The van der Waals surface area contributed by atoms with Gasteiger partial charge in [0.15, 0.2) is 0 Å². The molecule has 0 saturated carbocycles. The van der Waals surface area contributed by atoms with Crippen LogP contribution in [-0.2, 0) is 9.47 Å². The Hall–Kier alpha value is -2.66. The number of ether oxygens (including phenoxy) is 2. The molecule has 142 valence electrons. The minimum Gasteiger partial charge on any atom is -0.465 e. The lowest BCUT2D eigenvalue weighted by Crippen LogP contribution is -2.29. The predicted molar refractivity (Wildman–Crippen MR) is 104 cm³/mol. The monoisotopic (exact) mass is 367 g/mol. The van der Waals surface area contributed by atoms with Crippen molar-refractivity contribution in [2.45, 2.75) is 31.8 Å². The highest BCUT2D eigenvalue weighted by molar-refractivity contribution is 5.99. The molecule has 1 amide bonds. The predicted octanol–water partition coefficient (Wildman–Crippen LogP) is 3.83. The molecule has 1 fully saturated rings. The normalized spacial score (nSPS) is 16.6. The zero-order valence-corrected chi connectivity index (χ0v) is 15.6. The number of amides is 1. The summed E-state index contributed by atoms with van der Waals surface area (Å²) in [4.78, 5) is 24.5. The smallest absolute Gasteiger partial charge is 0.338 e. The molecule has 5 nitrogen and oxygen atoms in total. The average molecular weight is 367 g/mol. The molecule has 27 heavy (non-hydrogen) atoms. The fourth-order valence-corrected chi connectivity index (χ4v) is 3.33. The first kappa shape index (κ1) is 19.1. The lowest BCUT2D eigenvalue weighted by atomic mass is 9.98. The van der Waals surface area contributed by atoms with Crippen molar-refractivity contribution in [2.75, 3.05) is 20.3 Å². The molecule has 1 heterocycles. The molecule has 1 aliphatic heterocycles. The van der Waals surface area contributed by atoms with Gasteiger partial charge in [-0.15, -0.1) is 0 Å². The molecule has 0 radical (unpaired) electrons. The highest BCUT2D eigenvalue weighted by Gasteiger charge is 2.16. The van der Waals surface area contributed by atoms with Crippen LogP contribution in [0.2, 0.25) is 0 Å². The molecule has 0 aliphatic carbocycles.